The van der Waals surface area contributed by atoms with Crippen molar-refractivity contribution in [2.75, 3.05) is 5.43 Å². The minimum absolute atomic E-state index is 0.387. The van der Waals surface area contributed by atoms with Crippen molar-refractivity contribution in [2.45, 2.75) is 112 Å². The third-order valence-electron chi connectivity index (χ3n) is 12.8. The summed E-state index contributed by atoms with van der Waals surface area (Å²) < 4.78 is 0. The Kier molecular flexibility index (Phi) is 7.60. The second kappa shape index (κ2) is 11.1. The third kappa shape index (κ3) is 4.88. The fourth-order valence-corrected chi connectivity index (χ4v) is 11.5. The Morgan fingerprint density at radius 1 is 0.905 bits per heavy atom. The van der Waals surface area contributed by atoms with Crippen molar-refractivity contribution in [3.63, 3.8) is 0 Å². The molecule has 0 bridgehead atoms. The molecule has 5 nitrogen and oxygen atoms in total. The van der Waals surface area contributed by atoms with Crippen LogP contribution in [0.3, 0.4) is 0 Å². The number of anilines is 1. The monoisotopic (exact) mass is 585 g/mol. The van der Waals surface area contributed by atoms with Gasteiger partial charge in [-0.3, -0.25) is 5.43 Å². The molecule has 0 amide bonds. The quantitative estimate of drug-likeness (QED) is 0.280. The molecule has 4 aliphatic rings. The number of aromatic nitrogens is 3. The highest BCUT2D eigenvalue weighted by atomic mass is 32.1. The predicted molar refractivity (Wildman–Crippen MR) is 177 cm³/mol. The largest absolute Gasteiger partial charge is 0.253 e. The van der Waals surface area contributed by atoms with Gasteiger partial charge in [-0.1, -0.05) is 90.2 Å². The topological polar surface area (TPSA) is 63.1 Å². The fraction of sp³-hybridized carbons (Fsp3) is 0.722. The van der Waals surface area contributed by atoms with Crippen LogP contribution in [-0.2, 0) is 0 Å². The van der Waals surface area contributed by atoms with Crippen LogP contribution < -0.4 is 5.43 Å². The molecule has 4 fully saturated rings. The van der Waals surface area contributed by atoms with E-state index < -0.39 is 0 Å². The highest BCUT2D eigenvalue weighted by molar-refractivity contribution is 7.21. The molecule has 226 valence electrons. The van der Waals surface area contributed by atoms with Gasteiger partial charge in [-0.25, -0.2) is 9.97 Å². The van der Waals surface area contributed by atoms with E-state index in [1.807, 2.05) is 24.3 Å². The number of para-hydroxylation sites is 2. The molecule has 0 aliphatic heterocycles. The van der Waals surface area contributed by atoms with Crippen LogP contribution in [0.5, 0.6) is 0 Å². The Morgan fingerprint density at radius 3 is 2.50 bits per heavy atom. The van der Waals surface area contributed by atoms with Gasteiger partial charge in [0.05, 0.1) is 11.0 Å². The number of fused-ring (bicyclic) bond motifs is 7. The Hall–Kier alpha value is -2.08. The number of hydrogen-bond donors (Lipinski definition) is 1. The van der Waals surface area contributed by atoms with Gasteiger partial charge in [-0.05, 0) is 103 Å². The van der Waals surface area contributed by atoms with Gasteiger partial charge in [-0.15, -0.1) is 0 Å². The molecule has 0 spiro atoms. The number of benzene rings is 1. The second-order valence-electron chi connectivity index (χ2n) is 15.5. The van der Waals surface area contributed by atoms with Crippen molar-refractivity contribution < 1.29 is 0 Å². The van der Waals surface area contributed by atoms with E-state index in [-0.39, 0.29) is 0 Å². The summed E-state index contributed by atoms with van der Waals surface area (Å²) in [6, 6.07) is 8.06. The summed E-state index contributed by atoms with van der Waals surface area (Å²) in [6.07, 6.45) is 16.5. The minimum Gasteiger partial charge on any atom is -0.253 e. The van der Waals surface area contributed by atoms with Gasteiger partial charge in [0, 0.05) is 11.6 Å². The number of rotatable bonds is 7. The van der Waals surface area contributed by atoms with E-state index in [9.17, 15) is 0 Å². The molecule has 3 aromatic rings. The lowest BCUT2D eigenvalue weighted by molar-refractivity contribution is -0.0797. The molecule has 0 unspecified atom stereocenters. The maximum atomic E-state index is 5.25. The molecule has 2 heterocycles. The molecular formula is C36H51N5S. The van der Waals surface area contributed by atoms with Crippen molar-refractivity contribution in [3.05, 3.63) is 24.3 Å². The molecule has 4 saturated carbocycles. The zero-order valence-corrected chi connectivity index (χ0v) is 27.3. The lowest BCUT2D eigenvalue weighted by atomic mass is 9.44. The second-order valence-corrected chi connectivity index (χ2v) is 16.5. The maximum absolute atomic E-state index is 5.25. The van der Waals surface area contributed by atoms with E-state index in [0.717, 1.165) is 62.1 Å². The zero-order valence-electron chi connectivity index (χ0n) is 26.5. The molecule has 42 heavy (non-hydrogen) atoms. The number of nitrogens with one attached hydrogen (secondary N) is 1. The van der Waals surface area contributed by atoms with Crippen LogP contribution in [0.15, 0.2) is 29.4 Å². The maximum Gasteiger partial charge on any atom is 0.207 e. The van der Waals surface area contributed by atoms with Crippen LogP contribution >= 0.6 is 11.3 Å². The van der Waals surface area contributed by atoms with E-state index in [2.05, 4.69) is 40.0 Å². The van der Waals surface area contributed by atoms with Gasteiger partial charge in [0.15, 0.2) is 10.5 Å². The third-order valence-corrected chi connectivity index (χ3v) is 13.6. The van der Waals surface area contributed by atoms with Crippen molar-refractivity contribution in [1.29, 1.82) is 0 Å². The van der Waals surface area contributed by atoms with Crippen LogP contribution in [0.25, 0.3) is 21.5 Å². The lowest BCUT2D eigenvalue weighted by Crippen LogP contribution is -2.56. The zero-order chi connectivity index (χ0) is 29.1. The molecule has 6 heteroatoms. The van der Waals surface area contributed by atoms with Crippen LogP contribution in [0, 0.1) is 52.3 Å². The SMILES string of the molecule is CC(C)CCC[C@@H](C)[C@H]1CC[C@H]2[C@@H]3CC(=NNc4nc5nc6ccccc6nc5s4)[C@H]4CCCC[C@]4(C)[C@H]3CC[C@]12C. The molecular weight excluding hydrogens is 534 g/mol. The smallest absolute Gasteiger partial charge is 0.207 e. The number of hydrazone groups is 1. The first-order valence-corrected chi connectivity index (χ1v) is 17.9. The van der Waals surface area contributed by atoms with Gasteiger partial charge in [0.25, 0.3) is 0 Å². The van der Waals surface area contributed by atoms with E-state index in [4.69, 9.17) is 20.1 Å². The molecule has 8 atom stereocenters. The summed E-state index contributed by atoms with van der Waals surface area (Å²) in [5, 5.41) is 6.06. The van der Waals surface area contributed by atoms with Gasteiger partial charge in [0.2, 0.25) is 5.13 Å². The van der Waals surface area contributed by atoms with E-state index in [1.54, 1.807) is 11.3 Å². The van der Waals surface area contributed by atoms with Gasteiger partial charge < -0.3 is 0 Å². The van der Waals surface area contributed by atoms with Crippen LogP contribution in [-0.4, -0.2) is 20.7 Å². The molecule has 4 aliphatic carbocycles. The van der Waals surface area contributed by atoms with Crippen molar-refractivity contribution in [2.24, 2.45) is 57.4 Å². The van der Waals surface area contributed by atoms with Crippen molar-refractivity contribution >= 4 is 43.7 Å². The highest BCUT2D eigenvalue weighted by Gasteiger charge is 2.61. The van der Waals surface area contributed by atoms with Crippen LogP contribution in [0.4, 0.5) is 5.13 Å². The first-order chi connectivity index (χ1) is 20.3. The summed E-state index contributed by atoms with van der Waals surface area (Å²) in [4.78, 5) is 15.3. The first kappa shape index (κ1) is 28.7. The number of hydrogen-bond acceptors (Lipinski definition) is 6. The summed E-state index contributed by atoms with van der Waals surface area (Å²) in [6.45, 7) is 12.7. The Labute approximate surface area is 256 Å². The summed E-state index contributed by atoms with van der Waals surface area (Å²) in [5.41, 5.74) is 8.31. The molecule has 0 saturated heterocycles. The molecule has 7 rings (SSSR count). The standard InChI is InChI=1S/C36H51N5S/c1-22(2)11-10-12-23(3)25-16-17-26-24-21-31(28-13-8-9-19-35(28,4)27(24)18-20-36(25,26)5)40-41-34-39-32-33(42-34)38-30-15-7-6-14-29(30)37-32/h6-7,14-15,22-28H,8-13,16-21H2,1-5H3,(H,37,39,41)/t23-,24+,25-,26+,27+,28-,35-,36-/m1/s1. The molecule has 1 aromatic carbocycles. The van der Waals surface area contributed by atoms with Crippen molar-refractivity contribution in [1.82, 2.24) is 15.0 Å². The fourth-order valence-electron chi connectivity index (χ4n) is 10.8. The minimum atomic E-state index is 0.387. The average Bonchev–Trinajstić information content (AvgIpc) is 3.54. The van der Waals surface area contributed by atoms with Gasteiger partial charge >= 0.3 is 0 Å². The highest BCUT2D eigenvalue weighted by Crippen LogP contribution is 2.68. The molecule has 0 radical (unpaired) electrons. The van der Waals surface area contributed by atoms with Crippen molar-refractivity contribution in [3.8, 4) is 0 Å². The summed E-state index contributed by atoms with van der Waals surface area (Å²) in [7, 11) is 0. The summed E-state index contributed by atoms with van der Waals surface area (Å²) in [5.74, 6) is 5.66. The normalized spacial score (nSPS) is 36.2. The van der Waals surface area contributed by atoms with E-state index in [1.165, 1.54) is 82.8 Å². The summed E-state index contributed by atoms with van der Waals surface area (Å²) >= 11 is 1.58. The number of thiazole rings is 1. The van der Waals surface area contributed by atoms with E-state index in [0.29, 0.717) is 16.7 Å². The van der Waals surface area contributed by atoms with Gasteiger partial charge in [0.1, 0.15) is 0 Å². The number of nitrogens with zero attached hydrogens (tertiary/aromatic N) is 4. The Morgan fingerprint density at radius 2 is 1.69 bits per heavy atom. The molecule has 1 N–H and O–H groups in total. The Balaban J connectivity index is 1.15. The predicted octanol–water partition coefficient (Wildman–Crippen LogP) is 10.1. The van der Waals surface area contributed by atoms with E-state index >= 15 is 0 Å². The van der Waals surface area contributed by atoms with Crippen LogP contribution in [0.2, 0.25) is 0 Å². The Bertz CT molecular complexity index is 1410. The average molecular weight is 586 g/mol. The molecule has 2 aromatic heterocycles. The van der Waals surface area contributed by atoms with Gasteiger partial charge in [-0.2, -0.15) is 10.1 Å². The first-order valence-electron chi connectivity index (χ1n) is 17.1. The lowest BCUT2D eigenvalue weighted by Gasteiger charge is -2.61. The van der Waals surface area contributed by atoms with Crippen LogP contribution in [0.1, 0.15) is 112 Å².